The topological polar surface area (TPSA) is 73.9 Å². The number of benzene rings is 2. The molecule has 7 heteroatoms. The molecule has 25 heavy (non-hydrogen) atoms. The second kappa shape index (κ2) is 8.98. The Kier molecular flexibility index (Phi) is 6.71. The Morgan fingerprint density at radius 1 is 1.00 bits per heavy atom. The van der Waals surface area contributed by atoms with Crippen LogP contribution in [-0.2, 0) is 9.53 Å². The highest BCUT2D eigenvalue weighted by atomic mass is 32.2. The first-order valence-corrected chi connectivity index (χ1v) is 8.39. The van der Waals surface area contributed by atoms with Gasteiger partial charge in [0.25, 0.3) is 0 Å². The number of hydrogen-bond donors (Lipinski definition) is 1. The van der Waals surface area contributed by atoms with E-state index in [0.29, 0.717) is 22.7 Å². The Morgan fingerprint density at radius 2 is 1.76 bits per heavy atom. The zero-order valence-electron chi connectivity index (χ0n) is 14.2. The van der Waals surface area contributed by atoms with E-state index in [9.17, 15) is 9.59 Å². The highest BCUT2D eigenvalue weighted by molar-refractivity contribution is 8.00. The first-order chi connectivity index (χ1) is 12.1. The maximum atomic E-state index is 12.1. The molecule has 0 heterocycles. The summed E-state index contributed by atoms with van der Waals surface area (Å²) in [5.74, 6) is 0.838. The first-order valence-electron chi connectivity index (χ1n) is 7.40. The number of ether oxygens (including phenoxy) is 3. The molecule has 0 radical (unpaired) electrons. The molecule has 0 unspecified atom stereocenters. The van der Waals surface area contributed by atoms with Crippen LogP contribution in [0, 0.1) is 0 Å². The molecular weight excluding hydrogens is 342 g/mol. The molecule has 0 atom stereocenters. The van der Waals surface area contributed by atoms with Crippen LogP contribution in [0.3, 0.4) is 0 Å². The van der Waals surface area contributed by atoms with E-state index < -0.39 is 5.97 Å². The molecule has 1 N–H and O–H groups in total. The van der Waals surface area contributed by atoms with Crippen molar-refractivity contribution in [1.29, 1.82) is 0 Å². The van der Waals surface area contributed by atoms with Crippen LogP contribution in [0.2, 0.25) is 0 Å². The van der Waals surface area contributed by atoms with Crippen LogP contribution in [0.1, 0.15) is 10.4 Å². The summed E-state index contributed by atoms with van der Waals surface area (Å²) >= 11 is 1.37. The Bertz CT molecular complexity index is 763. The van der Waals surface area contributed by atoms with Gasteiger partial charge in [-0.15, -0.1) is 11.8 Å². The van der Waals surface area contributed by atoms with E-state index in [1.807, 2.05) is 12.1 Å². The second-order valence-corrected chi connectivity index (χ2v) is 5.97. The van der Waals surface area contributed by atoms with Crippen LogP contribution in [0.25, 0.3) is 0 Å². The van der Waals surface area contributed by atoms with E-state index in [-0.39, 0.29) is 11.7 Å². The van der Waals surface area contributed by atoms with Gasteiger partial charge in [0.1, 0.15) is 0 Å². The molecule has 0 aliphatic heterocycles. The summed E-state index contributed by atoms with van der Waals surface area (Å²) in [5.41, 5.74) is 0.925. The predicted octanol–water partition coefficient (Wildman–Crippen LogP) is 3.22. The summed E-state index contributed by atoms with van der Waals surface area (Å²) in [6.45, 7) is 0. The summed E-state index contributed by atoms with van der Waals surface area (Å²) < 4.78 is 15.1. The molecule has 0 bridgehead atoms. The summed E-state index contributed by atoms with van der Waals surface area (Å²) in [5, 5.41) is 2.76. The van der Waals surface area contributed by atoms with Gasteiger partial charge in [0.15, 0.2) is 11.5 Å². The van der Waals surface area contributed by atoms with Gasteiger partial charge in [-0.3, -0.25) is 4.79 Å². The van der Waals surface area contributed by atoms with Gasteiger partial charge >= 0.3 is 5.97 Å². The molecular formula is C18H19NO5S. The Hall–Kier alpha value is -2.67. The van der Waals surface area contributed by atoms with Crippen molar-refractivity contribution in [2.45, 2.75) is 4.90 Å². The number of thioether (sulfide) groups is 1. The number of rotatable bonds is 7. The van der Waals surface area contributed by atoms with E-state index in [4.69, 9.17) is 9.47 Å². The van der Waals surface area contributed by atoms with Crippen molar-refractivity contribution >= 4 is 29.3 Å². The Balaban J connectivity index is 1.96. The van der Waals surface area contributed by atoms with Crippen molar-refractivity contribution in [3.63, 3.8) is 0 Å². The fourth-order valence-electron chi connectivity index (χ4n) is 2.09. The normalized spacial score (nSPS) is 10.0. The lowest BCUT2D eigenvalue weighted by Crippen LogP contribution is -2.14. The van der Waals surface area contributed by atoms with Crippen LogP contribution in [0.4, 0.5) is 5.69 Å². The maximum absolute atomic E-state index is 12.1. The molecule has 0 aromatic heterocycles. The molecule has 0 spiro atoms. The number of nitrogens with one attached hydrogen (secondary N) is 1. The van der Waals surface area contributed by atoms with Crippen LogP contribution in [0.5, 0.6) is 11.5 Å². The second-order valence-electron chi connectivity index (χ2n) is 4.93. The van der Waals surface area contributed by atoms with Crippen molar-refractivity contribution < 1.29 is 23.8 Å². The van der Waals surface area contributed by atoms with Crippen molar-refractivity contribution in [3.8, 4) is 11.5 Å². The predicted molar refractivity (Wildman–Crippen MR) is 96.7 cm³/mol. The van der Waals surface area contributed by atoms with E-state index in [2.05, 4.69) is 10.1 Å². The van der Waals surface area contributed by atoms with Gasteiger partial charge in [0.2, 0.25) is 5.91 Å². The van der Waals surface area contributed by atoms with E-state index >= 15 is 0 Å². The van der Waals surface area contributed by atoms with Crippen LogP contribution in [0.15, 0.2) is 47.4 Å². The zero-order valence-corrected chi connectivity index (χ0v) is 15.0. The number of esters is 1. The third kappa shape index (κ3) is 5.15. The molecule has 0 aliphatic carbocycles. The van der Waals surface area contributed by atoms with Gasteiger partial charge in [-0.05, 0) is 36.4 Å². The number of anilines is 1. The van der Waals surface area contributed by atoms with Gasteiger partial charge in [0.05, 0.1) is 32.6 Å². The molecule has 0 saturated heterocycles. The van der Waals surface area contributed by atoms with Crippen molar-refractivity contribution in [3.05, 3.63) is 48.0 Å². The number of carbonyl (C=O) groups excluding carboxylic acids is 2. The van der Waals surface area contributed by atoms with E-state index in [0.717, 1.165) is 4.90 Å². The smallest absolute Gasteiger partial charge is 0.337 e. The van der Waals surface area contributed by atoms with Gasteiger partial charge in [-0.1, -0.05) is 6.07 Å². The van der Waals surface area contributed by atoms with Gasteiger partial charge < -0.3 is 19.5 Å². The molecule has 2 aromatic carbocycles. The standard InChI is InChI=1S/C18H19NO5S/c1-22-15-8-7-14(10-16(15)23-2)25-11-17(20)19-13-6-4-5-12(9-13)18(21)24-3/h4-10H,11H2,1-3H3,(H,19,20). The van der Waals surface area contributed by atoms with Crippen molar-refractivity contribution in [2.75, 3.05) is 32.4 Å². The minimum absolute atomic E-state index is 0.179. The molecule has 6 nitrogen and oxygen atoms in total. The zero-order chi connectivity index (χ0) is 18.2. The molecule has 0 saturated carbocycles. The molecule has 0 fully saturated rings. The summed E-state index contributed by atoms with van der Waals surface area (Å²) in [4.78, 5) is 24.5. The van der Waals surface area contributed by atoms with Crippen LogP contribution in [-0.4, -0.2) is 39.0 Å². The van der Waals surface area contributed by atoms with Gasteiger partial charge in [-0.25, -0.2) is 4.79 Å². The molecule has 2 rings (SSSR count). The molecule has 1 amide bonds. The average Bonchev–Trinajstić information content (AvgIpc) is 2.65. The maximum Gasteiger partial charge on any atom is 0.337 e. The minimum atomic E-state index is -0.448. The lowest BCUT2D eigenvalue weighted by atomic mass is 10.2. The third-order valence-corrected chi connectivity index (χ3v) is 4.29. The highest BCUT2D eigenvalue weighted by Crippen LogP contribution is 2.31. The Morgan fingerprint density at radius 3 is 2.44 bits per heavy atom. The monoisotopic (exact) mass is 361 g/mol. The lowest BCUT2D eigenvalue weighted by molar-refractivity contribution is -0.113. The number of methoxy groups -OCH3 is 3. The fraction of sp³-hybridized carbons (Fsp3) is 0.222. The number of hydrogen-bond acceptors (Lipinski definition) is 6. The lowest BCUT2D eigenvalue weighted by Gasteiger charge is -2.10. The van der Waals surface area contributed by atoms with Crippen LogP contribution < -0.4 is 14.8 Å². The summed E-state index contributed by atoms with van der Waals surface area (Å²) in [6.07, 6.45) is 0. The van der Waals surface area contributed by atoms with Crippen LogP contribution >= 0.6 is 11.8 Å². The van der Waals surface area contributed by atoms with E-state index in [1.54, 1.807) is 44.6 Å². The first kappa shape index (κ1) is 18.7. The largest absolute Gasteiger partial charge is 0.493 e. The highest BCUT2D eigenvalue weighted by Gasteiger charge is 2.10. The van der Waals surface area contributed by atoms with E-state index in [1.165, 1.54) is 18.9 Å². The SMILES string of the molecule is COC(=O)c1cccc(NC(=O)CSc2ccc(OC)c(OC)c2)c1. The van der Waals surface area contributed by atoms with Gasteiger partial charge in [-0.2, -0.15) is 0 Å². The van der Waals surface area contributed by atoms with Crippen molar-refractivity contribution in [2.24, 2.45) is 0 Å². The summed E-state index contributed by atoms with van der Waals surface area (Å²) in [6, 6.07) is 12.1. The average molecular weight is 361 g/mol. The molecule has 2 aromatic rings. The number of amides is 1. The van der Waals surface area contributed by atoms with Crippen molar-refractivity contribution in [1.82, 2.24) is 0 Å². The molecule has 0 aliphatic rings. The Labute approximate surface area is 150 Å². The van der Waals surface area contributed by atoms with Gasteiger partial charge in [0, 0.05) is 10.6 Å². The molecule has 132 valence electrons. The summed E-state index contributed by atoms with van der Waals surface area (Å²) in [7, 11) is 4.45. The fourth-order valence-corrected chi connectivity index (χ4v) is 2.82. The number of carbonyl (C=O) groups is 2. The minimum Gasteiger partial charge on any atom is -0.493 e. The third-order valence-electron chi connectivity index (χ3n) is 3.29. The quantitative estimate of drug-likeness (QED) is 0.603.